The van der Waals surface area contributed by atoms with Crippen molar-refractivity contribution in [2.45, 2.75) is 19.6 Å². The van der Waals surface area contributed by atoms with Crippen molar-refractivity contribution in [3.05, 3.63) is 81.9 Å². The lowest BCUT2D eigenvalue weighted by Gasteiger charge is -2.19. The number of hydrogen-bond acceptors (Lipinski definition) is 6. The Bertz CT molecular complexity index is 950. The second-order valence-corrected chi connectivity index (χ2v) is 7.68. The van der Waals surface area contributed by atoms with Crippen molar-refractivity contribution in [1.82, 2.24) is 15.0 Å². The molecule has 0 aliphatic heterocycles. The topological polar surface area (TPSA) is 55.3 Å². The number of halogens is 1. The largest absolute Gasteiger partial charge is 0.468 e. The van der Waals surface area contributed by atoms with Crippen molar-refractivity contribution in [3.8, 4) is 10.7 Å². The number of nitrogens with zero attached hydrogens (tertiary/aromatic N) is 3. The van der Waals surface area contributed by atoms with Crippen molar-refractivity contribution in [1.29, 1.82) is 0 Å². The van der Waals surface area contributed by atoms with Crippen LogP contribution in [0.3, 0.4) is 0 Å². The third-order valence-electron chi connectivity index (χ3n) is 3.82. The van der Waals surface area contributed by atoms with Crippen LogP contribution in [0, 0.1) is 0 Å². The lowest BCUT2D eigenvalue weighted by atomic mass is 10.2. The first-order chi connectivity index (χ1) is 12.8. The molecule has 26 heavy (non-hydrogen) atoms. The van der Waals surface area contributed by atoms with Crippen LogP contribution in [0.1, 0.15) is 17.2 Å². The maximum atomic E-state index is 5.50. The summed E-state index contributed by atoms with van der Waals surface area (Å²) in [4.78, 5) is 7.74. The third kappa shape index (κ3) is 4.30. The average Bonchev–Trinajstić information content (AvgIpc) is 3.38. The molecular weight excluding hydrogens is 414 g/mol. The SMILES string of the molecule is Brc1csc(-c2noc(CN(Cc3ccccc3)Cc3ccco3)n2)c1. The highest BCUT2D eigenvalue weighted by Crippen LogP contribution is 2.28. The maximum absolute atomic E-state index is 5.50. The second kappa shape index (κ2) is 7.99. The molecule has 0 bridgehead atoms. The van der Waals surface area contributed by atoms with Gasteiger partial charge in [0, 0.05) is 16.4 Å². The molecule has 7 heteroatoms. The fourth-order valence-corrected chi connectivity index (χ4v) is 4.02. The molecule has 3 aromatic heterocycles. The summed E-state index contributed by atoms with van der Waals surface area (Å²) in [5.41, 5.74) is 1.22. The first kappa shape index (κ1) is 17.2. The Kier molecular flexibility index (Phi) is 5.29. The van der Waals surface area contributed by atoms with Crippen LogP contribution in [0.2, 0.25) is 0 Å². The Morgan fingerprint density at radius 1 is 1.04 bits per heavy atom. The number of benzene rings is 1. The lowest BCUT2D eigenvalue weighted by molar-refractivity contribution is 0.196. The van der Waals surface area contributed by atoms with E-state index in [9.17, 15) is 0 Å². The van der Waals surface area contributed by atoms with Crippen molar-refractivity contribution < 1.29 is 8.94 Å². The van der Waals surface area contributed by atoms with E-state index in [-0.39, 0.29) is 0 Å². The Labute approximate surface area is 163 Å². The van der Waals surface area contributed by atoms with Crippen LogP contribution in [0.4, 0.5) is 0 Å². The van der Waals surface area contributed by atoms with E-state index in [1.54, 1.807) is 17.6 Å². The van der Waals surface area contributed by atoms with Gasteiger partial charge in [-0.05, 0) is 39.7 Å². The monoisotopic (exact) mass is 429 g/mol. The van der Waals surface area contributed by atoms with Gasteiger partial charge in [-0.1, -0.05) is 35.5 Å². The minimum absolute atomic E-state index is 0.551. The predicted octanol–water partition coefficient (Wildman–Crippen LogP) is 5.36. The minimum Gasteiger partial charge on any atom is -0.468 e. The van der Waals surface area contributed by atoms with Crippen LogP contribution in [0.25, 0.3) is 10.7 Å². The molecule has 3 heterocycles. The highest BCUT2D eigenvalue weighted by atomic mass is 79.9. The highest BCUT2D eigenvalue weighted by Gasteiger charge is 2.16. The second-order valence-electron chi connectivity index (χ2n) is 5.85. The van der Waals surface area contributed by atoms with E-state index in [4.69, 9.17) is 8.94 Å². The van der Waals surface area contributed by atoms with Gasteiger partial charge in [-0.15, -0.1) is 11.3 Å². The molecular formula is C19H16BrN3O2S. The quantitative estimate of drug-likeness (QED) is 0.395. The van der Waals surface area contributed by atoms with Crippen LogP contribution in [0.15, 0.2) is 73.6 Å². The smallest absolute Gasteiger partial charge is 0.241 e. The van der Waals surface area contributed by atoms with Gasteiger partial charge in [-0.2, -0.15) is 4.98 Å². The van der Waals surface area contributed by atoms with E-state index in [1.807, 2.05) is 41.8 Å². The average molecular weight is 430 g/mol. The zero-order chi connectivity index (χ0) is 17.8. The highest BCUT2D eigenvalue weighted by molar-refractivity contribution is 9.10. The Morgan fingerprint density at radius 3 is 2.65 bits per heavy atom. The lowest BCUT2D eigenvalue weighted by Crippen LogP contribution is -2.22. The molecule has 0 radical (unpaired) electrons. The summed E-state index contributed by atoms with van der Waals surface area (Å²) in [6, 6.07) is 16.2. The third-order valence-corrected chi connectivity index (χ3v) is 5.51. The van der Waals surface area contributed by atoms with Crippen molar-refractivity contribution in [2.24, 2.45) is 0 Å². The minimum atomic E-state index is 0.551. The van der Waals surface area contributed by atoms with Gasteiger partial charge in [0.2, 0.25) is 11.7 Å². The van der Waals surface area contributed by atoms with Gasteiger partial charge >= 0.3 is 0 Å². The summed E-state index contributed by atoms with van der Waals surface area (Å²) in [6.07, 6.45) is 1.69. The maximum Gasteiger partial charge on any atom is 0.241 e. The van der Waals surface area contributed by atoms with Crippen LogP contribution in [-0.2, 0) is 19.6 Å². The van der Waals surface area contributed by atoms with Gasteiger partial charge in [-0.25, -0.2) is 0 Å². The molecule has 4 rings (SSSR count). The van der Waals surface area contributed by atoms with Gasteiger partial charge in [-0.3, -0.25) is 4.90 Å². The van der Waals surface area contributed by atoms with E-state index < -0.39 is 0 Å². The van der Waals surface area contributed by atoms with E-state index in [0.717, 1.165) is 21.7 Å². The molecule has 5 nitrogen and oxygen atoms in total. The van der Waals surface area contributed by atoms with Crippen LogP contribution in [-0.4, -0.2) is 15.0 Å². The summed E-state index contributed by atoms with van der Waals surface area (Å²) in [5, 5.41) is 6.11. The Morgan fingerprint density at radius 2 is 1.92 bits per heavy atom. The molecule has 0 unspecified atom stereocenters. The summed E-state index contributed by atoms with van der Waals surface area (Å²) in [6.45, 7) is 1.99. The number of hydrogen-bond donors (Lipinski definition) is 0. The van der Waals surface area contributed by atoms with Crippen molar-refractivity contribution in [3.63, 3.8) is 0 Å². The molecule has 0 spiro atoms. The first-order valence-corrected chi connectivity index (χ1v) is 9.79. The molecule has 0 fully saturated rings. The standard InChI is InChI=1S/C19H16BrN3O2S/c20-15-9-17(26-13-15)19-21-18(25-22-19)12-23(11-16-7-4-8-24-16)10-14-5-2-1-3-6-14/h1-9,13H,10-12H2. The van der Waals surface area contributed by atoms with Crippen LogP contribution in [0.5, 0.6) is 0 Å². The van der Waals surface area contributed by atoms with Crippen molar-refractivity contribution >= 4 is 27.3 Å². The zero-order valence-electron chi connectivity index (χ0n) is 13.8. The zero-order valence-corrected chi connectivity index (χ0v) is 16.2. The summed E-state index contributed by atoms with van der Waals surface area (Å²) in [7, 11) is 0. The molecule has 0 saturated carbocycles. The first-order valence-electron chi connectivity index (χ1n) is 8.12. The molecule has 132 valence electrons. The molecule has 0 atom stereocenters. The van der Waals surface area contributed by atoms with Gasteiger partial charge < -0.3 is 8.94 Å². The fourth-order valence-electron chi connectivity index (χ4n) is 2.67. The van der Waals surface area contributed by atoms with E-state index in [1.165, 1.54) is 5.56 Å². The molecule has 0 saturated heterocycles. The van der Waals surface area contributed by atoms with E-state index >= 15 is 0 Å². The Balaban J connectivity index is 1.51. The molecule has 0 aliphatic rings. The Hall–Kier alpha value is -2.22. The molecule has 0 aliphatic carbocycles. The van der Waals surface area contributed by atoms with Crippen molar-refractivity contribution in [2.75, 3.05) is 0 Å². The van der Waals surface area contributed by atoms with Gasteiger partial charge in [0.15, 0.2) is 0 Å². The molecule has 4 aromatic rings. The number of rotatable bonds is 7. The number of aromatic nitrogens is 2. The molecule has 0 amide bonds. The normalized spacial score (nSPS) is 11.3. The van der Waals surface area contributed by atoms with E-state index in [0.29, 0.717) is 24.8 Å². The number of furan rings is 1. The molecule has 1 aromatic carbocycles. The van der Waals surface area contributed by atoms with Gasteiger partial charge in [0.1, 0.15) is 5.76 Å². The molecule has 0 N–H and O–H groups in total. The van der Waals surface area contributed by atoms with Gasteiger partial charge in [0.05, 0.1) is 24.2 Å². The summed E-state index contributed by atoms with van der Waals surface area (Å²) in [5.74, 6) is 2.11. The summed E-state index contributed by atoms with van der Waals surface area (Å²) >= 11 is 5.03. The van der Waals surface area contributed by atoms with E-state index in [2.05, 4.69) is 43.1 Å². The van der Waals surface area contributed by atoms with Crippen LogP contribution < -0.4 is 0 Å². The summed E-state index contributed by atoms with van der Waals surface area (Å²) < 4.78 is 12.0. The van der Waals surface area contributed by atoms with Gasteiger partial charge in [0.25, 0.3) is 0 Å². The predicted molar refractivity (Wildman–Crippen MR) is 103 cm³/mol. The van der Waals surface area contributed by atoms with Crippen LogP contribution >= 0.6 is 27.3 Å². The number of thiophene rings is 1. The fraction of sp³-hybridized carbons (Fsp3) is 0.158.